The van der Waals surface area contributed by atoms with Gasteiger partial charge in [-0.15, -0.1) is 0 Å². The molecule has 0 fully saturated rings. The van der Waals surface area contributed by atoms with Gasteiger partial charge in [-0.1, -0.05) is 19.1 Å². The average Bonchev–Trinajstić information content (AvgIpc) is 2.35. The Balaban J connectivity index is 2.91. The zero-order valence-corrected chi connectivity index (χ0v) is 12.4. The normalized spacial score (nSPS) is 12.3. The van der Waals surface area contributed by atoms with Gasteiger partial charge in [-0.3, -0.25) is 0 Å². The molecule has 0 aromatic heterocycles. The van der Waals surface area contributed by atoms with Gasteiger partial charge in [-0.05, 0) is 38.2 Å². The first-order valence-corrected chi connectivity index (χ1v) is 7.52. The molecule has 1 aromatic rings. The maximum atomic E-state index is 12.3. The minimum Gasteiger partial charge on any atom is -0.308 e. The Kier molecular flexibility index (Phi) is 5.31. The Hall–Kier alpha value is -0.910. The summed E-state index contributed by atoms with van der Waals surface area (Å²) in [6.07, 6.45) is 0.838. The summed E-state index contributed by atoms with van der Waals surface area (Å²) in [5.74, 6) is 0. The van der Waals surface area contributed by atoms with Crippen LogP contribution in [0.3, 0.4) is 0 Å². The van der Waals surface area contributed by atoms with Gasteiger partial charge in [-0.25, -0.2) is 8.42 Å². The van der Waals surface area contributed by atoms with E-state index in [1.54, 1.807) is 25.2 Å². The van der Waals surface area contributed by atoms with E-state index in [9.17, 15) is 8.42 Å². The number of aryl methyl sites for hydroxylation is 1. The van der Waals surface area contributed by atoms with Gasteiger partial charge >= 0.3 is 0 Å². The maximum Gasteiger partial charge on any atom is 0.242 e. The van der Waals surface area contributed by atoms with Gasteiger partial charge in [0, 0.05) is 20.1 Å². The van der Waals surface area contributed by atoms with E-state index in [4.69, 9.17) is 0 Å². The highest BCUT2D eigenvalue weighted by atomic mass is 32.2. The van der Waals surface area contributed by atoms with Gasteiger partial charge in [0.25, 0.3) is 0 Å². The number of benzene rings is 1. The Morgan fingerprint density at radius 2 is 1.78 bits per heavy atom. The van der Waals surface area contributed by atoms with Crippen LogP contribution < -0.4 is 0 Å². The highest BCUT2D eigenvalue weighted by Gasteiger charge is 2.20. The molecule has 0 N–H and O–H groups in total. The van der Waals surface area contributed by atoms with Crippen molar-refractivity contribution >= 4 is 10.0 Å². The van der Waals surface area contributed by atoms with Crippen molar-refractivity contribution in [2.24, 2.45) is 0 Å². The predicted octanol–water partition coefficient (Wildman–Crippen LogP) is 1.43. The average molecular weight is 270 g/mol. The van der Waals surface area contributed by atoms with Crippen molar-refractivity contribution in [2.75, 3.05) is 34.2 Å². The van der Waals surface area contributed by atoms with E-state index in [-0.39, 0.29) is 0 Å². The molecule has 0 spiro atoms. The number of hydrogen-bond acceptors (Lipinski definition) is 3. The van der Waals surface area contributed by atoms with Crippen molar-refractivity contribution in [1.29, 1.82) is 0 Å². The van der Waals surface area contributed by atoms with E-state index in [1.807, 2.05) is 32.0 Å². The summed E-state index contributed by atoms with van der Waals surface area (Å²) < 4.78 is 26.0. The van der Waals surface area contributed by atoms with E-state index in [0.29, 0.717) is 18.0 Å². The molecule has 0 saturated carbocycles. The van der Waals surface area contributed by atoms with Crippen molar-refractivity contribution < 1.29 is 8.42 Å². The quantitative estimate of drug-likeness (QED) is 0.785. The van der Waals surface area contributed by atoms with Crippen LogP contribution in [0.15, 0.2) is 29.2 Å². The van der Waals surface area contributed by atoms with Gasteiger partial charge in [0.1, 0.15) is 0 Å². The van der Waals surface area contributed by atoms with Crippen LogP contribution >= 0.6 is 0 Å². The van der Waals surface area contributed by atoms with Crippen LogP contribution in [0.4, 0.5) is 0 Å². The number of likely N-dealkylation sites (N-methyl/N-ethyl adjacent to an activating group) is 2. The topological polar surface area (TPSA) is 40.6 Å². The molecular formula is C13H22N2O2S. The van der Waals surface area contributed by atoms with Crippen LogP contribution in [0.5, 0.6) is 0 Å². The summed E-state index contributed by atoms with van der Waals surface area (Å²) in [6, 6.07) is 7.15. The van der Waals surface area contributed by atoms with Crippen LogP contribution in [-0.4, -0.2) is 51.9 Å². The Morgan fingerprint density at radius 1 is 1.11 bits per heavy atom. The first-order valence-electron chi connectivity index (χ1n) is 6.08. The van der Waals surface area contributed by atoms with Gasteiger partial charge in [0.2, 0.25) is 10.0 Å². The Morgan fingerprint density at radius 3 is 2.33 bits per heavy atom. The number of hydrogen-bond donors (Lipinski definition) is 0. The molecule has 18 heavy (non-hydrogen) atoms. The van der Waals surface area contributed by atoms with E-state index in [0.717, 1.165) is 12.0 Å². The van der Waals surface area contributed by atoms with Crippen LogP contribution in [0.2, 0.25) is 0 Å². The molecule has 4 nitrogen and oxygen atoms in total. The second-order valence-electron chi connectivity index (χ2n) is 4.63. The lowest BCUT2D eigenvalue weighted by Gasteiger charge is -2.19. The molecule has 0 bridgehead atoms. The lowest BCUT2D eigenvalue weighted by Crippen LogP contribution is -2.33. The molecule has 0 atom stereocenters. The fourth-order valence-electron chi connectivity index (χ4n) is 1.57. The summed E-state index contributed by atoms with van der Waals surface area (Å²) in [4.78, 5) is 2.34. The summed E-state index contributed by atoms with van der Waals surface area (Å²) in [6.45, 7) is 3.22. The van der Waals surface area contributed by atoms with Crippen LogP contribution in [-0.2, 0) is 16.4 Å². The van der Waals surface area contributed by atoms with Crippen LogP contribution in [0.25, 0.3) is 0 Å². The molecule has 0 heterocycles. The molecule has 0 aliphatic heterocycles. The van der Waals surface area contributed by atoms with Gasteiger partial charge in [-0.2, -0.15) is 4.31 Å². The number of rotatable bonds is 6. The van der Waals surface area contributed by atoms with Crippen molar-refractivity contribution in [3.8, 4) is 0 Å². The smallest absolute Gasteiger partial charge is 0.242 e. The second-order valence-corrected chi connectivity index (χ2v) is 6.68. The van der Waals surface area contributed by atoms with E-state index >= 15 is 0 Å². The van der Waals surface area contributed by atoms with Crippen molar-refractivity contribution in [1.82, 2.24) is 9.21 Å². The minimum absolute atomic E-state index is 0.378. The lowest BCUT2D eigenvalue weighted by molar-refractivity contribution is 0.358. The summed E-state index contributed by atoms with van der Waals surface area (Å²) in [7, 11) is 2.12. The molecule has 0 aliphatic rings. The van der Waals surface area contributed by atoms with Gasteiger partial charge in [0.15, 0.2) is 0 Å². The highest BCUT2D eigenvalue weighted by Crippen LogP contribution is 2.16. The van der Waals surface area contributed by atoms with E-state index in [1.165, 1.54) is 4.31 Å². The number of nitrogens with zero attached hydrogens (tertiary/aromatic N) is 2. The molecule has 0 saturated heterocycles. The third-order valence-corrected chi connectivity index (χ3v) is 4.73. The van der Waals surface area contributed by atoms with E-state index in [2.05, 4.69) is 0 Å². The minimum atomic E-state index is -3.36. The fraction of sp³-hybridized carbons (Fsp3) is 0.538. The molecule has 5 heteroatoms. The molecule has 1 rings (SSSR count). The summed E-state index contributed by atoms with van der Waals surface area (Å²) in [5, 5.41) is 0. The van der Waals surface area contributed by atoms with Gasteiger partial charge in [0.05, 0.1) is 4.90 Å². The first kappa shape index (κ1) is 15.1. The third kappa shape index (κ3) is 3.80. The molecular weight excluding hydrogens is 248 g/mol. The van der Waals surface area contributed by atoms with Crippen molar-refractivity contribution in [3.63, 3.8) is 0 Å². The van der Waals surface area contributed by atoms with Crippen LogP contribution in [0, 0.1) is 0 Å². The zero-order valence-electron chi connectivity index (χ0n) is 11.5. The summed E-state index contributed by atoms with van der Waals surface area (Å²) >= 11 is 0. The molecule has 0 amide bonds. The maximum absolute atomic E-state index is 12.3. The monoisotopic (exact) mass is 270 g/mol. The van der Waals surface area contributed by atoms with E-state index < -0.39 is 10.0 Å². The zero-order chi connectivity index (χ0) is 13.8. The predicted molar refractivity (Wildman–Crippen MR) is 74.2 cm³/mol. The Labute approximate surface area is 110 Å². The van der Waals surface area contributed by atoms with Gasteiger partial charge < -0.3 is 4.90 Å². The standard InChI is InChI=1S/C13H22N2O2S/c1-5-12-7-6-8-13(11-12)18(16,17)15(4)10-9-14(2)3/h6-8,11H,5,9-10H2,1-4H3. The van der Waals surface area contributed by atoms with Crippen LogP contribution in [0.1, 0.15) is 12.5 Å². The van der Waals surface area contributed by atoms with Crippen molar-refractivity contribution in [2.45, 2.75) is 18.2 Å². The SMILES string of the molecule is CCc1cccc(S(=O)(=O)N(C)CCN(C)C)c1. The molecule has 0 radical (unpaired) electrons. The molecule has 0 aliphatic carbocycles. The lowest BCUT2D eigenvalue weighted by atomic mass is 10.2. The molecule has 1 aromatic carbocycles. The van der Waals surface area contributed by atoms with Crippen molar-refractivity contribution in [3.05, 3.63) is 29.8 Å². The second kappa shape index (κ2) is 6.31. The first-order chi connectivity index (χ1) is 8.37. The highest BCUT2D eigenvalue weighted by molar-refractivity contribution is 7.89. The molecule has 0 unspecified atom stereocenters. The third-order valence-electron chi connectivity index (χ3n) is 2.88. The fourth-order valence-corrected chi connectivity index (χ4v) is 2.80. The Bertz CT molecular complexity index is 484. The number of sulfonamides is 1. The largest absolute Gasteiger partial charge is 0.308 e. The molecule has 102 valence electrons. The summed E-state index contributed by atoms with van der Waals surface area (Å²) in [5.41, 5.74) is 1.04.